The molecule has 1 N–H and O–H groups in total. The first-order valence-corrected chi connectivity index (χ1v) is 10.6. The van der Waals surface area contributed by atoms with Crippen LogP contribution in [-0.4, -0.2) is 35.2 Å². The van der Waals surface area contributed by atoms with Crippen LogP contribution in [0, 0.1) is 0 Å². The van der Waals surface area contributed by atoms with Crippen molar-refractivity contribution in [3.8, 4) is 11.5 Å². The van der Waals surface area contributed by atoms with Gasteiger partial charge in [0.25, 0.3) is 0 Å². The van der Waals surface area contributed by atoms with E-state index in [0.29, 0.717) is 37.3 Å². The van der Waals surface area contributed by atoms with Gasteiger partial charge in [-0.15, -0.1) is 0 Å². The Morgan fingerprint density at radius 1 is 1.16 bits per heavy atom. The van der Waals surface area contributed by atoms with Gasteiger partial charge in [0, 0.05) is 29.9 Å². The molecule has 168 valence electrons. The SMILES string of the molecule is COc1ccc([C@H](C)NC(=O)CCCOc2ccc(C(C)=O)cc2)cc1Cn1cccn1. The van der Waals surface area contributed by atoms with Crippen molar-refractivity contribution in [1.29, 1.82) is 0 Å². The number of nitrogens with zero attached hydrogens (tertiary/aromatic N) is 2. The molecule has 7 nitrogen and oxygen atoms in total. The topological polar surface area (TPSA) is 82.5 Å². The third-order valence-corrected chi connectivity index (χ3v) is 5.15. The van der Waals surface area contributed by atoms with Gasteiger partial charge in [0.05, 0.1) is 26.3 Å². The molecule has 0 aliphatic rings. The fourth-order valence-corrected chi connectivity index (χ4v) is 3.37. The van der Waals surface area contributed by atoms with Gasteiger partial charge < -0.3 is 14.8 Å². The molecule has 2 aromatic carbocycles. The van der Waals surface area contributed by atoms with E-state index < -0.39 is 0 Å². The first-order chi connectivity index (χ1) is 15.5. The van der Waals surface area contributed by atoms with Gasteiger partial charge in [0.15, 0.2) is 5.78 Å². The van der Waals surface area contributed by atoms with E-state index in [9.17, 15) is 9.59 Å². The minimum Gasteiger partial charge on any atom is -0.496 e. The Labute approximate surface area is 188 Å². The summed E-state index contributed by atoms with van der Waals surface area (Å²) in [7, 11) is 1.65. The highest BCUT2D eigenvalue weighted by Crippen LogP contribution is 2.24. The number of rotatable bonds is 11. The van der Waals surface area contributed by atoms with Crippen molar-refractivity contribution >= 4 is 11.7 Å². The number of benzene rings is 2. The van der Waals surface area contributed by atoms with E-state index in [-0.39, 0.29) is 17.7 Å². The first kappa shape index (κ1) is 23.1. The van der Waals surface area contributed by atoms with Crippen molar-refractivity contribution < 1.29 is 19.1 Å². The van der Waals surface area contributed by atoms with Crippen LogP contribution in [0.4, 0.5) is 0 Å². The Bertz CT molecular complexity index is 1030. The molecule has 32 heavy (non-hydrogen) atoms. The molecule has 1 atom stereocenters. The quantitative estimate of drug-likeness (QED) is 0.361. The number of hydrogen-bond donors (Lipinski definition) is 1. The zero-order chi connectivity index (χ0) is 22.9. The molecular formula is C25H29N3O4. The second kappa shape index (κ2) is 11.1. The molecule has 0 saturated heterocycles. The molecule has 0 spiro atoms. The molecule has 7 heteroatoms. The molecule has 0 saturated carbocycles. The maximum Gasteiger partial charge on any atom is 0.220 e. The smallest absolute Gasteiger partial charge is 0.220 e. The van der Waals surface area contributed by atoms with Crippen molar-refractivity contribution in [3.05, 3.63) is 77.6 Å². The van der Waals surface area contributed by atoms with Crippen molar-refractivity contribution in [3.63, 3.8) is 0 Å². The van der Waals surface area contributed by atoms with E-state index in [1.54, 1.807) is 37.6 Å². The van der Waals surface area contributed by atoms with E-state index >= 15 is 0 Å². The van der Waals surface area contributed by atoms with Crippen LogP contribution in [-0.2, 0) is 11.3 Å². The summed E-state index contributed by atoms with van der Waals surface area (Å²) in [4.78, 5) is 23.7. The summed E-state index contributed by atoms with van der Waals surface area (Å²) in [6.07, 6.45) is 4.60. The Balaban J connectivity index is 1.48. The molecular weight excluding hydrogens is 406 g/mol. The Morgan fingerprint density at radius 2 is 1.94 bits per heavy atom. The number of nitrogens with one attached hydrogen (secondary N) is 1. The number of carbonyl (C=O) groups is 2. The molecule has 0 aliphatic carbocycles. The number of amides is 1. The van der Waals surface area contributed by atoms with Crippen LogP contribution in [0.3, 0.4) is 0 Å². The molecule has 1 amide bonds. The van der Waals surface area contributed by atoms with Crippen molar-refractivity contribution in [2.24, 2.45) is 0 Å². The zero-order valence-electron chi connectivity index (χ0n) is 18.7. The van der Waals surface area contributed by atoms with Crippen LogP contribution in [0.15, 0.2) is 60.9 Å². The highest BCUT2D eigenvalue weighted by molar-refractivity contribution is 5.94. The second-order valence-electron chi connectivity index (χ2n) is 7.60. The molecule has 1 heterocycles. The normalized spacial score (nSPS) is 11.6. The fraction of sp³-hybridized carbons (Fsp3) is 0.320. The lowest BCUT2D eigenvalue weighted by Crippen LogP contribution is -2.26. The van der Waals surface area contributed by atoms with Gasteiger partial charge in [0.2, 0.25) is 5.91 Å². The summed E-state index contributed by atoms with van der Waals surface area (Å²) < 4.78 is 13.0. The molecule has 0 radical (unpaired) electrons. The molecule has 0 aliphatic heterocycles. The highest BCUT2D eigenvalue weighted by atomic mass is 16.5. The number of methoxy groups -OCH3 is 1. The van der Waals surface area contributed by atoms with Crippen LogP contribution in [0.1, 0.15) is 54.2 Å². The van der Waals surface area contributed by atoms with Crippen molar-refractivity contribution in [2.75, 3.05) is 13.7 Å². The van der Waals surface area contributed by atoms with E-state index in [1.807, 2.05) is 42.1 Å². The monoisotopic (exact) mass is 435 g/mol. The van der Waals surface area contributed by atoms with Gasteiger partial charge in [-0.25, -0.2) is 0 Å². The molecule has 0 fully saturated rings. The van der Waals surface area contributed by atoms with Crippen molar-refractivity contribution in [1.82, 2.24) is 15.1 Å². The van der Waals surface area contributed by atoms with E-state index in [2.05, 4.69) is 10.4 Å². The van der Waals surface area contributed by atoms with Gasteiger partial charge >= 0.3 is 0 Å². The third kappa shape index (κ3) is 6.44. The first-order valence-electron chi connectivity index (χ1n) is 10.6. The fourth-order valence-electron chi connectivity index (χ4n) is 3.37. The number of hydrogen-bond acceptors (Lipinski definition) is 5. The van der Waals surface area contributed by atoms with Crippen LogP contribution in [0.5, 0.6) is 11.5 Å². The lowest BCUT2D eigenvalue weighted by Gasteiger charge is -2.17. The lowest BCUT2D eigenvalue weighted by atomic mass is 10.0. The summed E-state index contributed by atoms with van der Waals surface area (Å²) in [6.45, 7) is 4.51. The standard InChI is InChI=1S/C25H29N3O4/c1-18(21-9-12-24(31-3)22(16-21)17-28-14-5-13-26-28)27-25(30)6-4-15-32-23-10-7-20(8-11-23)19(2)29/h5,7-14,16,18H,4,6,15,17H2,1-3H3,(H,27,30)/t18-/m0/s1. The molecule has 1 aromatic heterocycles. The second-order valence-corrected chi connectivity index (χ2v) is 7.60. The van der Waals surface area contributed by atoms with Gasteiger partial charge in [-0.05, 0) is 68.3 Å². The zero-order valence-corrected chi connectivity index (χ0v) is 18.7. The van der Waals surface area contributed by atoms with Crippen LogP contribution in [0.25, 0.3) is 0 Å². The Kier molecular flexibility index (Phi) is 8.02. The number of aromatic nitrogens is 2. The highest BCUT2D eigenvalue weighted by Gasteiger charge is 2.13. The maximum absolute atomic E-state index is 12.4. The molecule has 0 unspecified atom stereocenters. The van der Waals surface area contributed by atoms with E-state index in [4.69, 9.17) is 9.47 Å². The van der Waals surface area contributed by atoms with Gasteiger partial charge in [0.1, 0.15) is 11.5 Å². The van der Waals surface area contributed by atoms with Crippen LogP contribution < -0.4 is 14.8 Å². The number of ketones is 1. The Morgan fingerprint density at radius 3 is 2.59 bits per heavy atom. The third-order valence-electron chi connectivity index (χ3n) is 5.15. The van der Waals surface area contributed by atoms with Gasteiger partial charge in [-0.2, -0.15) is 5.10 Å². The molecule has 0 bridgehead atoms. The minimum absolute atomic E-state index is 0.0210. The number of Topliss-reactive ketones (excluding diaryl/α,β-unsaturated/α-hetero) is 1. The molecule has 3 aromatic rings. The van der Waals surface area contributed by atoms with Gasteiger partial charge in [-0.3, -0.25) is 14.3 Å². The summed E-state index contributed by atoms with van der Waals surface area (Å²) in [5.41, 5.74) is 2.65. The Hall–Kier alpha value is -3.61. The number of carbonyl (C=O) groups excluding carboxylic acids is 2. The average molecular weight is 436 g/mol. The minimum atomic E-state index is -0.134. The average Bonchev–Trinajstić information content (AvgIpc) is 3.30. The van der Waals surface area contributed by atoms with Crippen LogP contribution >= 0.6 is 0 Å². The van der Waals surface area contributed by atoms with Crippen LogP contribution in [0.2, 0.25) is 0 Å². The summed E-state index contributed by atoms with van der Waals surface area (Å²) in [5, 5.41) is 7.29. The summed E-state index contributed by atoms with van der Waals surface area (Å²) in [5.74, 6) is 1.47. The number of ether oxygens (including phenoxy) is 2. The predicted molar refractivity (Wildman–Crippen MR) is 122 cm³/mol. The van der Waals surface area contributed by atoms with Gasteiger partial charge in [-0.1, -0.05) is 6.07 Å². The largest absolute Gasteiger partial charge is 0.496 e. The predicted octanol–water partition coefficient (Wildman–Crippen LogP) is 4.18. The van der Waals surface area contributed by atoms with E-state index in [0.717, 1.165) is 16.9 Å². The molecule has 3 rings (SSSR count). The summed E-state index contributed by atoms with van der Waals surface area (Å²) in [6, 6.07) is 14.7. The maximum atomic E-state index is 12.4. The van der Waals surface area contributed by atoms with Crippen molar-refractivity contribution in [2.45, 2.75) is 39.3 Å². The summed E-state index contributed by atoms with van der Waals surface area (Å²) >= 11 is 0. The van der Waals surface area contributed by atoms with E-state index in [1.165, 1.54) is 6.92 Å². The lowest BCUT2D eigenvalue weighted by molar-refractivity contribution is -0.121.